The summed E-state index contributed by atoms with van der Waals surface area (Å²) in [5, 5.41) is 11.5. The van der Waals surface area contributed by atoms with Crippen LogP contribution < -0.4 is 4.74 Å². The molecule has 3 rings (SSSR count). The Balaban J connectivity index is 2.36. The van der Waals surface area contributed by atoms with Gasteiger partial charge in [0.25, 0.3) is 5.69 Å². The van der Waals surface area contributed by atoms with Gasteiger partial charge in [-0.1, -0.05) is 30.3 Å². The molecule has 0 N–H and O–H groups in total. The number of carbonyl (C=O) groups excluding carboxylic acids is 2. The van der Waals surface area contributed by atoms with Crippen LogP contribution in [-0.2, 0) is 4.74 Å². The molecule has 0 amide bonds. The van der Waals surface area contributed by atoms with Gasteiger partial charge in [0, 0.05) is 30.0 Å². The van der Waals surface area contributed by atoms with E-state index in [1.165, 1.54) is 29.7 Å². The maximum absolute atomic E-state index is 12.4. The van der Waals surface area contributed by atoms with E-state index in [1.54, 1.807) is 37.3 Å². The summed E-state index contributed by atoms with van der Waals surface area (Å²) in [5.74, 6) is -0.266. The Morgan fingerprint density at radius 3 is 2.44 bits per heavy atom. The quantitative estimate of drug-likeness (QED) is 0.384. The van der Waals surface area contributed by atoms with Crippen LogP contribution in [-0.4, -0.2) is 28.2 Å². The van der Waals surface area contributed by atoms with E-state index in [0.29, 0.717) is 16.6 Å². The molecule has 0 unspecified atom stereocenters. The van der Waals surface area contributed by atoms with Gasteiger partial charge >= 0.3 is 6.16 Å². The Morgan fingerprint density at radius 2 is 1.85 bits per heavy atom. The van der Waals surface area contributed by atoms with Gasteiger partial charge in [0.05, 0.1) is 22.7 Å². The van der Waals surface area contributed by atoms with E-state index in [1.807, 2.05) is 0 Å². The minimum atomic E-state index is -0.921. The molecule has 2 aromatic carbocycles. The van der Waals surface area contributed by atoms with Crippen molar-refractivity contribution in [2.45, 2.75) is 13.8 Å². The Hall–Kier alpha value is -3.68. The average Bonchev–Trinajstić information content (AvgIpc) is 2.96. The van der Waals surface area contributed by atoms with E-state index >= 15 is 0 Å². The Bertz CT molecular complexity index is 1040. The van der Waals surface area contributed by atoms with Gasteiger partial charge in [-0.3, -0.25) is 19.5 Å². The number of hydrogen-bond acceptors (Lipinski definition) is 6. The lowest BCUT2D eigenvalue weighted by Gasteiger charge is -2.09. The van der Waals surface area contributed by atoms with Crippen LogP contribution in [0.1, 0.15) is 18.6 Å². The highest BCUT2D eigenvalue weighted by atomic mass is 16.7. The SMILES string of the molecule is CCOC(=O)Oc1c(-c2ccccc2)n(C(C)=O)c2cc([N+](=O)[O-])ccc12. The molecule has 8 heteroatoms. The van der Waals surface area contributed by atoms with E-state index in [0.717, 1.165) is 0 Å². The first-order chi connectivity index (χ1) is 12.9. The normalized spacial score (nSPS) is 10.6. The van der Waals surface area contributed by atoms with Crippen molar-refractivity contribution in [2.75, 3.05) is 6.61 Å². The molecule has 0 bridgehead atoms. The largest absolute Gasteiger partial charge is 0.513 e. The summed E-state index contributed by atoms with van der Waals surface area (Å²) >= 11 is 0. The number of nitro benzene ring substituents is 1. The molecule has 0 aliphatic heterocycles. The van der Waals surface area contributed by atoms with Crippen molar-refractivity contribution in [1.82, 2.24) is 4.57 Å². The number of non-ortho nitro benzene ring substituents is 1. The molecule has 1 heterocycles. The van der Waals surface area contributed by atoms with Crippen LogP contribution >= 0.6 is 0 Å². The van der Waals surface area contributed by atoms with Gasteiger partial charge in [-0.25, -0.2) is 4.79 Å². The molecule has 0 fully saturated rings. The number of nitrogens with zero attached hydrogens (tertiary/aromatic N) is 2. The number of fused-ring (bicyclic) bond motifs is 1. The van der Waals surface area contributed by atoms with Crippen molar-refractivity contribution < 1.29 is 24.0 Å². The molecule has 0 saturated carbocycles. The molecule has 8 nitrogen and oxygen atoms in total. The zero-order valence-electron chi connectivity index (χ0n) is 14.7. The standard InChI is InChI=1S/C19H16N2O6/c1-3-26-19(23)27-18-15-10-9-14(21(24)25)11-16(15)20(12(2)22)17(18)13-7-5-4-6-8-13/h4-11H,3H2,1-2H3. The van der Waals surface area contributed by atoms with Crippen LogP contribution in [0.5, 0.6) is 5.75 Å². The molecule has 0 spiro atoms. The predicted octanol–water partition coefficient (Wildman–Crippen LogP) is 4.41. The van der Waals surface area contributed by atoms with E-state index in [-0.39, 0.29) is 29.5 Å². The van der Waals surface area contributed by atoms with Crippen molar-refractivity contribution in [3.63, 3.8) is 0 Å². The van der Waals surface area contributed by atoms with Crippen LogP contribution in [0.3, 0.4) is 0 Å². The fourth-order valence-corrected chi connectivity index (χ4v) is 2.88. The first kappa shape index (κ1) is 18.1. The topological polar surface area (TPSA) is 101 Å². The highest BCUT2D eigenvalue weighted by Gasteiger charge is 2.26. The molecule has 1 aromatic heterocycles. The fraction of sp³-hybridized carbons (Fsp3) is 0.158. The van der Waals surface area contributed by atoms with Crippen molar-refractivity contribution in [1.29, 1.82) is 0 Å². The van der Waals surface area contributed by atoms with Gasteiger partial charge in [-0.05, 0) is 13.0 Å². The summed E-state index contributed by atoms with van der Waals surface area (Å²) in [5.41, 5.74) is 1.04. The summed E-state index contributed by atoms with van der Waals surface area (Å²) in [6.07, 6.45) is -0.921. The Morgan fingerprint density at radius 1 is 1.15 bits per heavy atom. The summed E-state index contributed by atoms with van der Waals surface area (Å²) in [6, 6.07) is 12.9. The van der Waals surface area contributed by atoms with E-state index in [2.05, 4.69) is 0 Å². The number of ether oxygens (including phenoxy) is 2. The van der Waals surface area contributed by atoms with Gasteiger partial charge in [0.2, 0.25) is 5.91 Å². The zero-order valence-corrected chi connectivity index (χ0v) is 14.7. The minimum absolute atomic E-state index is 0.111. The van der Waals surface area contributed by atoms with Crippen LogP contribution in [0.25, 0.3) is 22.2 Å². The zero-order chi connectivity index (χ0) is 19.6. The highest BCUT2D eigenvalue weighted by Crippen LogP contribution is 2.41. The molecule has 0 aliphatic rings. The molecule has 138 valence electrons. The lowest BCUT2D eigenvalue weighted by molar-refractivity contribution is -0.384. The third kappa shape index (κ3) is 3.37. The smallest absolute Gasteiger partial charge is 0.434 e. The maximum atomic E-state index is 12.4. The van der Waals surface area contributed by atoms with Crippen molar-refractivity contribution in [3.05, 3.63) is 58.6 Å². The molecule has 0 saturated heterocycles. The highest BCUT2D eigenvalue weighted by molar-refractivity contribution is 6.04. The fourth-order valence-electron chi connectivity index (χ4n) is 2.88. The van der Waals surface area contributed by atoms with Crippen LogP contribution in [0.2, 0.25) is 0 Å². The molecular weight excluding hydrogens is 352 g/mol. The van der Waals surface area contributed by atoms with Crippen LogP contribution in [0.4, 0.5) is 10.5 Å². The number of nitro groups is 1. The van der Waals surface area contributed by atoms with Crippen LogP contribution in [0, 0.1) is 10.1 Å². The molecule has 0 atom stereocenters. The van der Waals surface area contributed by atoms with E-state index in [9.17, 15) is 19.7 Å². The number of carbonyl (C=O) groups is 2. The lowest BCUT2D eigenvalue weighted by atomic mass is 10.1. The molecule has 0 aliphatic carbocycles. The monoisotopic (exact) mass is 368 g/mol. The molecule has 0 radical (unpaired) electrons. The number of aromatic nitrogens is 1. The Labute approximate surface area is 154 Å². The van der Waals surface area contributed by atoms with E-state index < -0.39 is 11.1 Å². The Kier molecular flexibility index (Phi) is 4.89. The average molecular weight is 368 g/mol. The first-order valence-electron chi connectivity index (χ1n) is 8.17. The maximum Gasteiger partial charge on any atom is 0.513 e. The predicted molar refractivity (Wildman–Crippen MR) is 98.0 cm³/mol. The van der Waals surface area contributed by atoms with Crippen LogP contribution in [0.15, 0.2) is 48.5 Å². The lowest BCUT2D eigenvalue weighted by Crippen LogP contribution is -2.12. The van der Waals surface area contributed by atoms with Gasteiger partial charge in [-0.2, -0.15) is 0 Å². The molecule has 3 aromatic rings. The van der Waals surface area contributed by atoms with Gasteiger partial charge in [0.15, 0.2) is 5.75 Å². The van der Waals surface area contributed by atoms with Crippen molar-refractivity contribution in [3.8, 4) is 17.0 Å². The molecular formula is C19H16N2O6. The van der Waals surface area contributed by atoms with Gasteiger partial charge < -0.3 is 9.47 Å². The third-order valence-corrected chi connectivity index (χ3v) is 3.93. The second kappa shape index (κ2) is 7.28. The summed E-state index contributed by atoms with van der Waals surface area (Å²) in [7, 11) is 0. The van der Waals surface area contributed by atoms with Crippen molar-refractivity contribution >= 4 is 28.7 Å². The first-order valence-corrected chi connectivity index (χ1v) is 8.17. The number of rotatable bonds is 4. The summed E-state index contributed by atoms with van der Waals surface area (Å²) < 4.78 is 11.5. The third-order valence-electron chi connectivity index (χ3n) is 3.93. The second-order valence-corrected chi connectivity index (χ2v) is 5.64. The minimum Gasteiger partial charge on any atom is -0.434 e. The number of hydrogen-bond donors (Lipinski definition) is 0. The number of benzene rings is 2. The van der Waals surface area contributed by atoms with Gasteiger partial charge in [0.1, 0.15) is 0 Å². The van der Waals surface area contributed by atoms with Crippen molar-refractivity contribution in [2.24, 2.45) is 0 Å². The van der Waals surface area contributed by atoms with E-state index in [4.69, 9.17) is 9.47 Å². The summed E-state index contributed by atoms with van der Waals surface area (Å²) in [4.78, 5) is 34.9. The van der Waals surface area contributed by atoms with Gasteiger partial charge in [-0.15, -0.1) is 0 Å². The second-order valence-electron chi connectivity index (χ2n) is 5.64. The summed E-state index contributed by atoms with van der Waals surface area (Å²) in [6.45, 7) is 3.09. The molecule has 27 heavy (non-hydrogen) atoms.